The molecule has 8 nitrogen and oxygen atoms in total. The van der Waals surface area contributed by atoms with Gasteiger partial charge in [0.2, 0.25) is 5.91 Å². The number of halogens is 1. The van der Waals surface area contributed by atoms with Gasteiger partial charge in [0.15, 0.2) is 0 Å². The van der Waals surface area contributed by atoms with Crippen LogP contribution in [0.5, 0.6) is 0 Å². The lowest BCUT2D eigenvalue weighted by molar-refractivity contribution is -0.119. The number of nitrogens with zero attached hydrogens (tertiary/aromatic N) is 2. The molecule has 4 N–H and O–H groups in total. The second-order valence-electron chi connectivity index (χ2n) is 7.38. The maximum Gasteiger partial charge on any atom is 0.255 e. The lowest BCUT2D eigenvalue weighted by Gasteiger charge is -2.15. The summed E-state index contributed by atoms with van der Waals surface area (Å²) in [4.78, 5) is 28.7. The highest BCUT2D eigenvalue weighted by molar-refractivity contribution is 5.99. The van der Waals surface area contributed by atoms with Gasteiger partial charge in [-0.15, -0.1) is 0 Å². The summed E-state index contributed by atoms with van der Waals surface area (Å²) in [6, 6.07) is 11.6. The van der Waals surface area contributed by atoms with Crippen molar-refractivity contribution >= 4 is 17.6 Å². The first-order valence-electron chi connectivity index (χ1n) is 10.1. The molecule has 0 spiro atoms. The standard InChI is InChI=1S/C22H23FN6O2/c23-15-3-1-2-14(12-15)8-10-24-21-17(5-6-18(28-21)19-9-11-26-29-19)22(31)25-13-16-4-7-20(30)27-16/h1-3,5-6,9,11-12,16H,4,7-8,10,13H2,(H,24,28)(H,25,31)(H,26,29)(H,27,30)/t16-/m1/s1. The summed E-state index contributed by atoms with van der Waals surface area (Å²) in [5.41, 5.74) is 2.62. The molecule has 0 unspecified atom stereocenters. The molecule has 0 aliphatic carbocycles. The van der Waals surface area contributed by atoms with E-state index >= 15 is 0 Å². The first-order chi connectivity index (χ1) is 15.1. The van der Waals surface area contributed by atoms with Crippen LogP contribution in [0.1, 0.15) is 28.8 Å². The molecule has 0 bridgehead atoms. The van der Waals surface area contributed by atoms with Crippen LogP contribution < -0.4 is 16.0 Å². The van der Waals surface area contributed by atoms with Crippen molar-refractivity contribution in [1.82, 2.24) is 25.8 Å². The zero-order chi connectivity index (χ0) is 21.6. The van der Waals surface area contributed by atoms with Crippen LogP contribution in [0.15, 0.2) is 48.7 Å². The molecule has 2 amide bonds. The number of H-pyrrole nitrogens is 1. The minimum atomic E-state index is -0.282. The normalized spacial score (nSPS) is 15.5. The molecule has 1 atom stereocenters. The number of carbonyl (C=O) groups is 2. The van der Waals surface area contributed by atoms with Gasteiger partial charge in [-0.2, -0.15) is 5.10 Å². The minimum absolute atomic E-state index is 0.00419. The molecule has 1 fully saturated rings. The molecular weight excluding hydrogens is 399 g/mol. The van der Waals surface area contributed by atoms with Crippen LogP contribution in [0.3, 0.4) is 0 Å². The summed E-state index contributed by atoms with van der Waals surface area (Å²) in [6.07, 6.45) is 3.39. The predicted molar refractivity (Wildman–Crippen MR) is 114 cm³/mol. The van der Waals surface area contributed by atoms with Gasteiger partial charge >= 0.3 is 0 Å². The number of aromatic nitrogens is 3. The van der Waals surface area contributed by atoms with E-state index in [-0.39, 0.29) is 23.7 Å². The number of rotatable bonds is 8. The van der Waals surface area contributed by atoms with E-state index in [0.29, 0.717) is 49.4 Å². The first kappa shape index (κ1) is 20.5. The average Bonchev–Trinajstić information content (AvgIpc) is 3.44. The Balaban J connectivity index is 1.47. The lowest BCUT2D eigenvalue weighted by Crippen LogP contribution is -2.38. The Morgan fingerprint density at radius 1 is 1.23 bits per heavy atom. The van der Waals surface area contributed by atoms with Crippen LogP contribution in [0.25, 0.3) is 11.4 Å². The fraction of sp³-hybridized carbons (Fsp3) is 0.273. The van der Waals surface area contributed by atoms with Crippen molar-refractivity contribution in [3.8, 4) is 11.4 Å². The van der Waals surface area contributed by atoms with E-state index < -0.39 is 0 Å². The van der Waals surface area contributed by atoms with Gasteiger partial charge in [0.25, 0.3) is 5.91 Å². The summed E-state index contributed by atoms with van der Waals surface area (Å²) in [5.74, 6) is -0.130. The molecule has 1 saturated heterocycles. The number of hydrogen-bond acceptors (Lipinski definition) is 5. The van der Waals surface area contributed by atoms with Crippen molar-refractivity contribution in [3.63, 3.8) is 0 Å². The molecular formula is C22H23FN6O2. The second-order valence-corrected chi connectivity index (χ2v) is 7.38. The van der Waals surface area contributed by atoms with Gasteiger partial charge in [0, 0.05) is 31.7 Å². The molecule has 0 radical (unpaired) electrons. The number of aromatic amines is 1. The summed E-state index contributed by atoms with van der Waals surface area (Å²) in [5, 5.41) is 15.7. The SMILES string of the molecule is O=C1CC[C@H](CNC(=O)c2ccc(-c3ccn[nH]3)nc2NCCc2cccc(F)c2)N1. The van der Waals surface area contributed by atoms with Gasteiger partial charge in [0.1, 0.15) is 11.6 Å². The van der Waals surface area contributed by atoms with Gasteiger partial charge in [-0.25, -0.2) is 9.37 Å². The van der Waals surface area contributed by atoms with Crippen LogP contribution in [-0.4, -0.2) is 46.1 Å². The largest absolute Gasteiger partial charge is 0.369 e. The van der Waals surface area contributed by atoms with E-state index in [2.05, 4.69) is 31.1 Å². The lowest BCUT2D eigenvalue weighted by atomic mass is 10.1. The minimum Gasteiger partial charge on any atom is -0.369 e. The van der Waals surface area contributed by atoms with Gasteiger partial charge < -0.3 is 16.0 Å². The highest BCUT2D eigenvalue weighted by Gasteiger charge is 2.22. The molecule has 1 aliphatic rings. The second kappa shape index (κ2) is 9.38. The fourth-order valence-electron chi connectivity index (χ4n) is 3.48. The highest BCUT2D eigenvalue weighted by atomic mass is 19.1. The zero-order valence-corrected chi connectivity index (χ0v) is 16.8. The van der Waals surface area contributed by atoms with E-state index in [9.17, 15) is 14.0 Å². The molecule has 3 aromatic rings. The molecule has 4 rings (SSSR count). The summed E-state index contributed by atoms with van der Waals surface area (Å²) < 4.78 is 13.4. The zero-order valence-electron chi connectivity index (χ0n) is 16.8. The summed E-state index contributed by atoms with van der Waals surface area (Å²) in [7, 11) is 0. The maximum absolute atomic E-state index is 13.4. The van der Waals surface area contributed by atoms with Crippen molar-refractivity contribution in [3.05, 3.63) is 65.6 Å². The molecule has 0 saturated carbocycles. The third-order valence-electron chi connectivity index (χ3n) is 5.11. The molecule has 160 valence electrons. The summed E-state index contributed by atoms with van der Waals surface area (Å²) in [6.45, 7) is 0.831. The average molecular weight is 422 g/mol. The van der Waals surface area contributed by atoms with E-state index in [1.807, 2.05) is 6.07 Å². The van der Waals surface area contributed by atoms with Crippen molar-refractivity contribution < 1.29 is 14.0 Å². The predicted octanol–water partition coefficient (Wildman–Crippen LogP) is 2.27. The van der Waals surface area contributed by atoms with Gasteiger partial charge in [-0.1, -0.05) is 12.1 Å². The van der Waals surface area contributed by atoms with Crippen LogP contribution in [0.4, 0.5) is 10.2 Å². The number of carbonyl (C=O) groups excluding carboxylic acids is 2. The van der Waals surface area contributed by atoms with Crippen molar-refractivity contribution in [2.24, 2.45) is 0 Å². The number of pyridine rings is 1. The Bertz CT molecular complexity index is 1070. The van der Waals surface area contributed by atoms with Gasteiger partial charge in [-0.3, -0.25) is 14.7 Å². The van der Waals surface area contributed by atoms with E-state index in [1.54, 1.807) is 30.5 Å². The smallest absolute Gasteiger partial charge is 0.255 e. The number of anilines is 1. The Kier molecular flexibility index (Phi) is 6.21. The van der Waals surface area contributed by atoms with Crippen LogP contribution >= 0.6 is 0 Å². The molecule has 9 heteroatoms. The van der Waals surface area contributed by atoms with E-state index in [0.717, 1.165) is 11.3 Å². The monoisotopic (exact) mass is 422 g/mol. The van der Waals surface area contributed by atoms with Crippen LogP contribution in [0, 0.1) is 5.82 Å². The van der Waals surface area contributed by atoms with Crippen LogP contribution in [-0.2, 0) is 11.2 Å². The van der Waals surface area contributed by atoms with Gasteiger partial charge in [0.05, 0.1) is 17.0 Å². The van der Waals surface area contributed by atoms with Crippen LogP contribution in [0.2, 0.25) is 0 Å². The Morgan fingerprint density at radius 3 is 2.87 bits per heavy atom. The number of amides is 2. The quantitative estimate of drug-likeness (QED) is 0.445. The third-order valence-corrected chi connectivity index (χ3v) is 5.11. The van der Waals surface area contributed by atoms with Gasteiger partial charge in [-0.05, 0) is 48.7 Å². The van der Waals surface area contributed by atoms with E-state index in [4.69, 9.17) is 0 Å². The molecule has 3 heterocycles. The summed E-state index contributed by atoms with van der Waals surface area (Å²) >= 11 is 0. The Labute approximate surface area is 178 Å². The topological polar surface area (TPSA) is 112 Å². The highest BCUT2D eigenvalue weighted by Crippen LogP contribution is 2.20. The molecule has 1 aromatic carbocycles. The molecule has 31 heavy (non-hydrogen) atoms. The Hall–Kier alpha value is -3.75. The number of benzene rings is 1. The van der Waals surface area contributed by atoms with E-state index in [1.165, 1.54) is 12.1 Å². The third kappa shape index (κ3) is 5.25. The fourth-order valence-corrected chi connectivity index (χ4v) is 3.48. The maximum atomic E-state index is 13.4. The van der Waals surface area contributed by atoms with Crippen molar-refractivity contribution in [1.29, 1.82) is 0 Å². The molecule has 1 aliphatic heterocycles. The Morgan fingerprint density at radius 2 is 2.13 bits per heavy atom. The number of nitrogens with one attached hydrogen (secondary N) is 4. The first-order valence-corrected chi connectivity index (χ1v) is 10.1. The van der Waals surface area contributed by atoms with Crippen molar-refractivity contribution in [2.75, 3.05) is 18.4 Å². The number of hydrogen-bond donors (Lipinski definition) is 4. The van der Waals surface area contributed by atoms with Crippen molar-refractivity contribution in [2.45, 2.75) is 25.3 Å². The molecule has 2 aromatic heterocycles.